The summed E-state index contributed by atoms with van der Waals surface area (Å²) < 4.78 is 2.47. The first-order chi connectivity index (χ1) is 14.4. The molecule has 0 aliphatic rings. The van der Waals surface area contributed by atoms with Crippen molar-refractivity contribution in [1.82, 2.24) is 9.55 Å². The lowest BCUT2D eigenvalue weighted by Gasteiger charge is -2.12. The van der Waals surface area contributed by atoms with E-state index in [0.717, 1.165) is 9.13 Å². The van der Waals surface area contributed by atoms with Crippen LogP contribution in [0.2, 0.25) is 5.02 Å². The summed E-state index contributed by atoms with van der Waals surface area (Å²) >= 11 is 8.17. The minimum Gasteiger partial charge on any atom is -0.268 e. The van der Waals surface area contributed by atoms with Crippen LogP contribution in [0.3, 0.4) is 0 Å². The Hall–Kier alpha value is -3.04. The summed E-state index contributed by atoms with van der Waals surface area (Å²) in [7, 11) is 0. The van der Waals surface area contributed by atoms with Crippen LogP contribution in [0.15, 0.2) is 71.5 Å². The van der Waals surface area contributed by atoms with E-state index < -0.39 is 4.92 Å². The highest BCUT2D eigenvalue weighted by molar-refractivity contribution is 14.1. The molecule has 3 aromatic carbocycles. The number of aromatic nitrogens is 2. The molecule has 4 aromatic rings. The van der Waals surface area contributed by atoms with Crippen molar-refractivity contribution in [3.8, 4) is 5.69 Å². The molecular formula is C22H13ClIN3O3. The Bertz CT molecular complexity index is 1350. The van der Waals surface area contributed by atoms with E-state index in [0.29, 0.717) is 27.4 Å². The largest absolute Gasteiger partial charge is 0.269 e. The number of hydrogen-bond donors (Lipinski definition) is 0. The third-order valence-electron chi connectivity index (χ3n) is 4.47. The van der Waals surface area contributed by atoms with E-state index in [1.807, 2.05) is 18.2 Å². The van der Waals surface area contributed by atoms with Gasteiger partial charge in [-0.05, 0) is 88.8 Å². The Labute approximate surface area is 189 Å². The van der Waals surface area contributed by atoms with E-state index in [1.165, 1.54) is 16.7 Å². The highest BCUT2D eigenvalue weighted by Crippen LogP contribution is 2.19. The van der Waals surface area contributed by atoms with Gasteiger partial charge in [-0.25, -0.2) is 4.98 Å². The molecule has 0 amide bonds. The number of nitro groups is 1. The molecule has 0 spiro atoms. The van der Waals surface area contributed by atoms with Crippen LogP contribution in [0, 0.1) is 13.7 Å². The Morgan fingerprint density at radius 2 is 1.70 bits per heavy atom. The molecule has 0 aliphatic carbocycles. The van der Waals surface area contributed by atoms with Crippen LogP contribution in [0.5, 0.6) is 0 Å². The van der Waals surface area contributed by atoms with Gasteiger partial charge in [0, 0.05) is 20.7 Å². The van der Waals surface area contributed by atoms with Crippen molar-refractivity contribution in [1.29, 1.82) is 0 Å². The molecule has 0 saturated carbocycles. The molecule has 0 fully saturated rings. The normalized spacial score (nSPS) is 11.3. The second-order valence-corrected chi connectivity index (χ2v) is 8.11. The summed E-state index contributed by atoms with van der Waals surface area (Å²) in [5.41, 5.74) is 1.81. The zero-order valence-electron chi connectivity index (χ0n) is 15.3. The van der Waals surface area contributed by atoms with Crippen molar-refractivity contribution < 1.29 is 4.92 Å². The van der Waals surface area contributed by atoms with Crippen LogP contribution < -0.4 is 5.56 Å². The standard InChI is InChI=1S/C22H13ClIN3O3/c23-15-4-9-17(10-5-15)26-21(12-3-14-1-7-18(8-2-14)27(29)30)25-20-11-6-16(24)13-19(20)22(26)28/h1-13H. The third kappa shape index (κ3) is 4.12. The first kappa shape index (κ1) is 20.2. The van der Waals surface area contributed by atoms with E-state index in [9.17, 15) is 14.9 Å². The molecule has 0 aliphatic heterocycles. The maximum atomic E-state index is 13.3. The van der Waals surface area contributed by atoms with Crippen LogP contribution in [0.4, 0.5) is 5.69 Å². The Morgan fingerprint density at radius 1 is 1.00 bits per heavy atom. The Balaban J connectivity index is 1.88. The van der Waals surface area contributed by atoms with Crippen LogP contribution in [0.25, 0.3) is 28.7 Å². The summed E-state index contributed by atoms with van der Waals surface area (Å²) in [6, 6.07) is 18.6. The van der Waals surface area contributed by atoms with Crippen LogP contribution in [-0.2, 0) is 0 Å². The maximum Gasteiger partial charge on any atom is 0.269 e. The van der Waals surface area contributed by atoms with Gasteiger partial charge in [0.15, 0.2) is 0 Å². The van der Waals surface area contributed by atoms with E-state index in [-0.39, 0.29) is 11.2 Å². The Morgan fingerprint density at radius 3 is 2.37 bits per heavy atom. The summed E-state index contributed by atoms with van der Waals surface area (Å²) in [6.45, 7) is 0. The lowest BCUT2D eigenvalue weighted by molar-refractivity contribution is -0.384. The molecule has 6 nitrogen and oxygen atoms in total. The number of nitro benzene ring substituents is 1. The fraction of sp³-hybridized carbons (Fsp3) is 0. The first-order valence-corrected chi connectivity index (χ1v) is 10.3. The van der Waals surface area contributed by atoms with E-state index in [1.54, 1.807) is 48.6 Å². The van der Waals surface area contributed by atoms with Crippen molar-refractivity contribution in [2.45, 2.75) is 0 Å². The third-order valence-corrected chi connectivity index (χ3v) is 5.39. The molecule has 0 bridgehead atoms. The summed E-state index contributed by atoms with van der Waals surface area (Å²) in [5, 5.41) is 11.9. The van der Waals surface area contributed by atoms with Crippen molar-refractivity contribution in [3.63, 3.8) is 0 Å². The highest BCUT2D eigenvalue weighted by Gasteiger charge is 2.12. The predicted molar refractivity (Wildman–Crippen MR) is 127 cm³/mol. The van der Waals surface area contributed by atoms with E-state index >= 15 is 0 Å². The van der Waals surface area contributed by atoms with Gasteiger partial charge in [-0.1, -0.05) is 17.7 Å². The molecule has 1 aromatic heterocycles. The lowest BCUT2D eigenvalue weighted by atomic mass is 10.2. The van der Waals surface area contributed by atoms with E-state index in [4.69, 9.17) is 11.6 Å². The molecule has 0 atom stereocenters. The predicted octanol–water partition coefficient (Wildman–Crippen LogP) is 5.72. The van der Waals surface area contributed by atoms with Crippen molar-refractivity contribution >= 4 is 62.9 Å². The quantitative estimate of drug-likeness (QED) is 0.192. The minimum absolute atomic E-state index is 0.0173. The molecule has 30 heavy (non-hydrogen) atoms. The number of benzene rings is 3. The molecule has 0 saturated heterocycles. The second-order valence-electron chi connectivity index (χ2n) is 6.43. The monoisotopic (exact) mass is 529 g/mol. The van der Waals surface area contributed by atoms with Crippen LogP contribution >= 0.6 is 34.2 Å². The van der Waals surface area contributed by atoms with Gasteiger partial charge in [0.1, 0.15) is 5.82 Å². The number of non-ortho nitro benzene ring substituents is 1. The number of hydrogen-bond acceptors (Lipinski definition) is 4. The summed E-state index contributed by atoms with van der Waals surface area (Å²) in [5.74, 6) is 0.439. The number of rotatable bonds is 4. The molecule has 0 radical (unpaired) electrons. The second kappa shape index (κ2) is 8.37. The van der Waals surface area contributed by atoms with Gasteiger partial charge in [-0.2, -0.15) is 0 Å². The molecule has 1 heterocycles. The van der Waals surface area contributed by atoms with Gasteiger partial charge < -0.3 is 0 Å². The van der Waals surface area contributed by atoms with E-state index in [2.05, 4.69) is 27.6 Å². The minimum atomic E-state index is -0.446. The highest BCUT2D eigenvalue weighted by atomic mass is 127. The molecular weight excluding hydrogens is 517 g/mol. The van der Waals surface area contributed by atoms with Crippen LogP contribution in [0.1, 0.15) is 11.4 Å². The van der Waals surface area contributed by atoms with Gasteiger partial charge in [0.05, 0.1) is 21.5 Å². The zero-order chi connectivity index (χ0) is 21.3. The fourth-order valence-electron chi connectivity index (χ4n) is 3.00. The average Bonchev–Trinajstić information content (AvgIpc) is 2.74. The van der Waals surface area contributed by atoms with Gasteiger partial charge in [-0.3, -0.25) is 19.5 Å². The molecule has 4 rings (SSSR count). The molecule has 0 unspecified atom stereocenters. The van der Waals surface area contributed by atoms with Crippen molar-refractivity contribution in [2.75, 3.05) is 0 Å². The SMILES string of the molecule is O=c1c2cc(I)ccc2nc(C=Cc2ccc([N+](=O)[O-])cc2)n1-c1ccc(Cl)cc1. The molecule has 8 heteroatoms. The fourth-order valence-corrected chi connectivity index (χ4v) is 3.62. The molecule has 148 valence electrons. The molecule has 0 N–H and O–H groups in total. The van der Waals surface area contributed by atoms with Gasteiger partial charge in [0.2, 0.25) is 0 Å². The maximum absolute atomic E-state index is 13.3. The summed E-state index contributed by atoms with van der Waals surface area (Å²) in [6.07, 6.45) is 3.48. The number of fused-ring (bicyclic) bond motifs is 1. The van der Waals surface area contributed by atoms with Gasteiger partial charge in [-0.15, -0.1) is 0 Å². The topological polar surface area (TPSA) is 78.0 Å². The smallest absolute Gasteiger partial charge is 0.268 e. The van der Waals surface area contributed by atoms with Crippen LogP contribution in [-0.4, -0.2) is 14.5 Å². The first-order valence-electron chi connectivity index (χ1n) is 8.83. The average molecular weight is 530 g/mol. The number of nitrogens with zero attached hydrogens (tertiary/aromatic N) is 3. The van der Waals surface area contributed by atoms with Crippen molar-refractivity contribution in [2.24, 2.45) is 0 Å². The van der Waals surface area contributed by atoms with Gasteiger partial charge >= 0.3 is 0 Å². The van der Waals surface area contributed by atoms with Crippen molar-refractivity contribution in [3.05, 3.63) is 107 Å². The zero-order valence-corrected chi connectivity index (χ0v) is 18.2. The lowest BCUT2D eigenvalue weighted by Crippen LogP contribution is -2.22. The number of halogens is 2. The van der Waals surface area contributed by atoms with Gasteiger partial charge in [0.25, 0.3) is 11.2 Å². The Kier molecular flexibility index (Phi) is 5.65. The summed E-state index contributed by atoms with van der Waals surface area (Å²) in [4.78, 5) is 28.3.